The van der Waals surface area contributed by atoms with Crippen LogP contribution < -0.4 is 10.6 Å². The Balaban J connectivity index is 1.64. The van der Waals surface area contributed by atoms with Crippen LogP contribution in [0.2, 0.25) is 10.0 Å². The lowest BCUT2D eigenvalue weighted by Crippen LogP contribution is -2.48. The van der Waals surface area contributed by atoms with E-state index in [1.54, 1.807) is 29.6 Å². The van der Waals surface area contributed by atoms with Gasteiger partial charge in [-0.25, -0.2) is 4.79 Å². The molecule has 3 aromatic rings. The van der Waals surface area contributed by atoms with Gasteiger partial charge in [0, 0.05) is 6.54 Å². The van der Waals surface area contributed by atoms with Crippen LogP contribution in [0.1, 0.15) is 43.7 Å². The lowest BCUT2D eigenvalue weighted by molar-refractivity contribution is -0.139. The van der Waals surface area contributed by atoms with Crippen LogP contribution in [-0.4, -0.2) is 45.7 Å². The van der Waals surface area contributed by atoms with Gasteiger partial charge in [0.05, 0.1) is 26.6 Å². The first-order valence-corrected chi connectivity index (χ1v) is 12.1. The maximum absolute atomic E-state index is 12.8. The molecule has 3 rings (SSSR count). The summed E-state index contributed by atoms with van der Waals surface area (Å²) >= 11 is 13.8. The Bertz CT molecular complexity index is 1200. The number of nitrogens with one attached hydrogen (secondary N) is 2. The van der Waals surface area contributed by atoms with Crippen LogP contribution in [-0.2, 0) is 11.2 Å². The highest BCUT2D eigenvalue weighted by Gasteiger charge is 2.25. The summed E-state index contributed by atoms with van der Waals surface area (Å²) in [7, 11) is 0. The smallest absolute Gasteiger partial charge is 0.328 e. The number of amides is 2. The van der Waals surface area contributed by atoms with Gasteiger partial charge in [0.2, 0.25) is 0 Å². The van der Waals surface area contributed by atoms with Crippen molar-refractivity contribution in [3.05, 3.63) is 85.5 Å². The maximum Gasteiger partial charge on any atom is 0.328 e. The number of aryl methyl sites for hydroxylation is 1. The number of phenols is 1. The highest BCUT2D eigenvalue weighted by Crippen LogP contribution is 2.29. The molecule has 184 valence electrons. The third-order valence-electron chi connectivity index (χ3n) is 5.11. The summed E-state index contributed by atoms with van der Waals surface area (Å²) in [6.07, 6.45) is -0.138. The zero-order valence-corrected chi connectivity index (χ0v) is 20.5. The highest BCUT2D eigenvalue weighted by atomic mass is 35.5. The van der Waals surface area contributed by atoms with E-state index in [9.17, 15) is 29.7 Å². The van der Waals surface area contributed by atoms with Crippen LogP contribution in [0.15, 0.2) is 53.9 Å². The van der Waals surface area contributed by atoms with E-state index in [-0.39, 0.29) is 27.9 Å². The number of carbonyl (C=O) groups excluding carboxylic acids is 2. The number of carboxylic acids is 1. The van der Waals surface area contributed by atoms with Crippen molar-refractivity contribution in [1.29, 1.82) is 0 Å². The maximum atomic E-state index is 12.8. The Kier molecular flexibility index (Phi) is 9.11. The molecule has 1 unspecified atom stereocenters. The second-order valence-corrected chi connectivity index (χ2v) is 9.40. The molecule has 0 bridgehead atoms. The number of hydrogen-bond acceptors (Lipinski definition) is 6. The van der Waals surface area contributed by atoms with E-state index in [4.69, 9.17) is 23.2 Å². The first-order chi connectivity index (χ1) is 16.7. The van der Waals surface area contributed by atoms with Crippen molar-refractivity contribution >= 4 is 52.3 Å². The first kappa shape index (κ1) is 26.5. The van der Waals surface area contributed by atoms with Crippen molar-refractivity contribution in [3.8, 4) is 5.75 Å². The lowest BCUT2D eigenvalue weighted by Gasteiger charge is -2.17. The Labute approximate surface area is 215 Å². The summed E-state index contributed by atoms with van der Waals surface area (Å²) in [5.74, 6) is -2.54. The molecule has 1 aromatic heterocycles. The summed E-state index contributed by atoms with van der Waals surface area (Å²) in [5, 5.41) is 35.9. The predicted octanol–water partition coefficient (Wildman–Crippen LogP) is 4.04. The van der Waals surface area contributed by atoms with Crippen LogP contribution in [0.25, 0.3) is 0 Å². The number of carbonyl (C=O) groups is 3. The molecule has 35 heavy (non-hydrogen) atoms. The van der Waals surface area contributed by atoms with Crippen molar-refractivity contribution in [2.75, 3.05) is 6.54 Å². The van der Waals surface area contributed by atoms with Crippen molar-refractivity contribution in [1.82, 2.24) is 10.6 Å². The lowest BCUT2D eigenvalue weighted by atomic mass is 10.00. The molecule has 0 aliphatic carbocycles. The number of phenolic OH excluding ortho intramolecular Hbond substituents is 1. The number of aromatic hydroxyl groups is 1. The number of hydrogen-bond donors (Lipinski definition) is 5. The number of carboxylic acid groups (broad SMARTS) is 1. The number of benzene rings is 2. The SMILES string of the molecule is O=C(NC[C@H](NC(=O)c1c(Cl)cc(CCC(O)c2cccc(O)c2)cc1Cl)C(=O)O)c1cccs1. The van der Waals surface area contributed by atoms with Crippen molar-refractivity contribution < 1.29 is 29.7 Å². The van der Waals surface area contributed by atoms with Crippen LogP contribution in [0.5, 0.6) is 5.75 Å². The number of thiophene rings is 1. The fourth-order valence-corrected chi connectivity index (χ4v) is 4.65. The van der Waals surface area contributed by atoms with Crippen LogP contribution in [0.4, 0.5) is 0 Å². The largest absolute Gasteiger partial charge is 0.508 e. The summed E-state index contributed by atoms with van der Waals surface area (Å²) in [4.78, 5) is 36.8. The van der Waals surface area contributed by atoms with E-state index in [1.165, 1.54) is 35.6 Å². The average Bonchev–Trinajstić information content (AvgIpc) is 3.34. The van der Waals surface area contributed by atoms with Crippen LogP contribution in [0, 0.1) is 0 Å². The third-order valence-corrected chi connectivity index (χ3v) is 6.57. The molecule has 0 aliphatic rings. The van der Waals surface area contributed by atoms with Gasteiger partial charge in [0.15, 0.2) is 0 Å². The van der Waals surface area contributed by atoms with Gasteiger partial charge in [-0.3, -0.25) is 9.59 Å². The Hall–Kier alpha value is -3.11. The van der Waals surface area contributed by atoms with Gasteiger partial charge in [0.25, 0.3) is 11.8 Å². The van der Waals surface area contributed by atoms with Gasteiger partial charge in [-0.1, -0.05) is 41.4 Å². The van der Waals surface area contributed by atoms with E-state index < -0.39 is 29.9 Å². The zero-order chi connectivity index (χ0) is 25.5. The molecular formula is C24H22Cl2N2O6S. The van der Waals surface area contributed by atoms with E-state index in [0.29, 0.717) is 28.8 Å². The number of aliphatic carboxylic acids is 1. The topological polar surface area (TPSA) is 136 Å². The third kappa shape index (κ3) is 7.19. The van der Waals surface area contributed by atoms with Gasteiger partial charge in [0.1, 0.15) is 11.8 Å². The zero-order valence-electron chi connectivity index (χ0n) is 18.2. The molecule has 0 saturated heterocycles. The standard InChI is InChI=1S/C24H22Cl2N2O6S/c25-16-9-13(6-7-19(30)14-3-1-4-15(29)11-14)10-17(26)21(16)23(32)28-18(24(33)34)12-27-22(31)20-5-2-8-35-20/h1-5,8-11,18-19,29-30H,6-7,12H2,(H,27,31)(H,28,32)(H,33,34)/t18-,19?/m0/s1. The number of rotatable bonds is 10. The molecule has 0 saturated carbocycles. The minimum absolute atomic E-state index is 0.0172. The first-order valence-electron chi connectivity index (χ1n) is 10.5. The molecular weight excluding hydrogens is 515 g/mol. The summed E-state index contributed by atoms with van der Waals surface area (Å²) in [5.41, 5.74) is 1.12. The molecule has 2 amide bonds. The molecule has 2 atom stereocenters. The molecule has 5 N–H and O–H groups in total. The van der Waals surface area contributed by atoms with Gasteiger partial charge < -0.3 is 26.0 Å². The fraction of sp³-hybridized carbons (Fsp3) is 0.208. The number of aliphatic hydroxyl groups excluding tert-OH is 1. The quantitative estimate of drug-likeness (QED) is 0.265. The molecule has 1 heterocycles. The Morgan fingerprint density at radius 3 is 2.31 bits per heavy atom. The van der Waals surface area contributed by atoms with Crippen molar-refractivity contribution in [2.24, 2.45) is 0 Å². The Morgan fingerprint density at radius 1 is 1.00 bits per heavy atom. The summed E-state index contributed by atoms with van der Waals surface area (Å²) in [6, 6.07) is 11.2. The fourth-order valence-electron chi connectivity index (χ4n) is 3.31. The molecule has 0 fully saturated rings. The highest BCUT2D eigenvalue weighted by molar-refractivity contribution is 7.12. The average molecular weight is 537 g/mol. The molecule has 0 spiro atoms. The predicted molar refractivity (Wildman–Crippen MR) is 133 cm³/mol. The van der Waals surface area contributed by atoms with E-state index in [2.05, 4.69) is 10.6 Å². The van der Waals surface area contributed by atoms with Crippen LogP contribution in [0.3, 0.4) is 0 Å². The van der Waals surface area contributed by atoms with Crippen molar-refractivity contribution in [2.45, 2.75) is 25.0 Å². The monoisotopic (exact) mass is 536 g/mol. The van der Waals surface area contributed by atoms with E-state index in [0.717, 1.165) is 0 Å². The molecule has 11 heteroatoms. The van der Waals surface area contributed by atoms with Gasteiger partial charge in [-0.05, 0) is 59.7 Å². The van der Waals surface area contributed by atoms with E-state index in [1.807, 2.05) is 0 Å². The normalized spacial score (nSPS) is 12.5. The molecule has 0 radical (unpaired) electrons. The van der Waals surface area contributed by atoms with Gasteiger partial charge >= 0.3 is 5.97 Å². The van der Waals surface area contributed by atoms with Gasteiger partial charge in [-0.15, -0.1) is 11.3 Å². The molecule has 0 aliphatic heterocycles. The van der Waals surface area contributed by atoms with E-state index >= 15 is 0 Å². The van der Waals surface area contributed by atoms with Crippen molar-refractivity contribution in [3.63, 3.8) is 0 Å². The summed E-state index contributed by atoms with van der Waals surface area (Å²) < 4.78 is 0. The minimum Gasteiger partial charge on any atom is -0.508 e. The minimum atomic E-state index is -1.41. The molecule has 8 nitrogen and oxygen atoms in total. The Morgan fingerprint density at radius 2 is 1.71 bits per heavy atom. The van der Waals surface area contributed by atoms with Gasteiger partial charge in [-0.2, -0.15) is 0 Å². The van der Waals surface area contributed by atoms with Crippen LogP contribution >= 0.6 is 34.5 Å². The second-order valence-electron chi connectivity index (χ2n) is 7.64. The second kappa shape index (κ2) is 12.0. The molecule has 2 aromatic carbocycles. The number of halogens is 2. The number of aliphatic hydroxyl groups is 1. The summed E-state index contributed by atoms with van der Waals surface area (Å²) in [6.45, 7) is -0.335.